The van der Waals surface area contributed by atoms with Gasteiger partial charge in [-0.05, 0) is 74.2 Å². The molecule has 1 heterocycles. The van der Waals surface area contributed by atoms with Crippen molar-refractivity contribution in [3.63, 3.8) is 0 Å². The molecule has 1 aromatic rings. The largest absolute Gasteiger partial charge is 0.347 e. The Kier molecular flexibility index (Phi) is 5.80. The molecule has 5 heteroatoms. The summed E-state index contributed by atoms with van der Waals surface area (Å²) in [7, 11) is 0. The zero-order chi connectivity index (χ0) is 21.4. The van der Waals surface area contributed by atoms with Crippen molar-refractivity contribution < 1.29 is 9.59 Å². The van der Waals surface area contributed by atoms with E-state index >= 15 is 0 Å². The van der Waals surface area contributed by atoms with Crippen molar-refractivity contribution in [1.82, 2.24) is 15.1 Å². The molecule has 31 heavy (non-hydrogen) atoms. The molecular weight excluding hydrogens is 386 g/mol. The number of benzene rings is 1. The molecule has 4 aliphatic carbocycles. The lowest BCUT2D eigenvalue weighted by Crippen LogP contribution is -2.51. The van der Waals surface area contributed by atoms with Gasteiger partial charge in [-0.15, -0.1) is 0 Å². The van der Waals surface area contributed by atoms with Crippen LogP contribution in [-0.2, 0) is 16.1 Å². The summed E-state index contributed by atoms with van der Waals surface area (Å²) < 4.78 is 0. The maximum Gasteiger partial charge on any atom is 0.242 e. The van der Waals surface area contributed by atoms with Crippen LogP contribution in [0, 0.1) is 30.1 Å². The molecule has 0 unspecified atom stereocenters. The van der Waals surface area contributed by atoms with Gasteiger partial charge in [0, 0.05) is 39.1 Å². The lowest BCUT2D eigenvalue weighted by Gasteiger charge is -2.56. The van der Waals surface area contributed by atoms with Crippen molar-refractivity contribution in [2.24, 2.45) is 23.2 Å². The predicted octanol–water partition coefficient (Wildman–Crippen LogP) is 3.36. The fourth-order valence-electron chi connectivity index (χ4n) is 7.42. The summed E-state index contributed by atoms with van der Waals surface area (Å²) in [6, 6.07) is 8.63. The van der Waals surface area contributed by atoms with Gasteiger partial charge in [-0.25, -0.2) is 0 Å². The highest BCUT2D eigenvalue weighted by Crippen LogP contribution is 2.61. The monoisotopic (exact) mass is 423 g/mol. The van der Waals surface area contributed by atoms with Gasteiger partial charge in [0.1, 0.15) is 0 Å². The third kappa shape index (κ3) is 4.82. The molecule has 0 aromatic heterocycles. The Morgan fingerprint density at radius 2 is 1.65 bits per heavy atom. The van der Waals surface area contributed by atoms with E-state index in [0.717, 1.165) is 50.5 Å². The van der Waals surface area contributed by atoms with Crippen LogP contribution >= 0.6 is 0 Å². The van der Waals surface area contributed by atoms with Crippen LogP contribution in [0.3, 0.4) is 0 Å². The Morgan fingerprint density at radius 3 is 2.26 bits per heavy atom. The molecule has 0 atom stereocenters. The molecule has 2 amide bonds. The standard InChI is InChI=1S/C26H37N3O2/c1-19-3-2-4-20(9-19)18-28-5-7-29(8-6-28)25(31)17-27-24(30)16-26-13-21-10-22(14-26)12-23(11-21)15-26/h2-4,9,21-23H,5-8,10-18H2,1H3,(H,27,30). The quantitative estimate of drug-likeness (QED) is 0.763. The Labute approximate surface area is 186 Å². The summed E-state index contributed by atoms with van der Waals surface area (Å²) in [5, 5.41) is 2.97. The zero-order valence-corrected chi connectivity index (χ0v) is 18.9. The lowest BCUT2D eigenvalue weighted by atomic mass is 9.49. The third-order valence-electron chi connectivity index (χ3n) is 8.35. The maximum absolute atomic E-state index is 12.7. The summed E-state index contributed by atoms with van der Waals surface area (Å²) in [6.45, 7) is 6.49. The molecule has 5 fully saturated rings. The summed E-state index contributed by atoms with van der Waals surface area (Å²) >= 11 is 0. The van der Waals surface area contributed by atoms with Gasteiger partial charge in [-0.1, -0.05) is 29.8 Å². The molecule has 5 nitrogen and oxygen atoms in total. The number of aryl methyl sites for hydroxylation is 1. The first-order chi connectivity index (χ1) is 15.0. The molecule has 1 saturated heterocycles. The predicted molar refractivity (Wildman–Crippen MR) is 121 cm³/mol. The fourth-order valence-corrected chi connectivity index (χ4v) is 7.42. The number of amides is 2. The molecule has 4 bridgehead atoms. The first-order valence-electron chi connectivity index (χ1n) is 12.3. The van der Waals surface area contributed by atoms with Crippen molar-refractivity contribution in [1.29, 1.82) is 0 Å². The van der Waals surface area contributed by atoms with Gasteiger partial charge in [0.15, 0.2) is 0 Å². The first kappa shape index (κ1) is 21.0. The topological polar surface area (TPSA) is 52.6 Å². The second-order valence-corrected chi connectivity index (χ2v) is 11.0. The molecule has 1 aromatic carbocycles. The number of carbonyl (C=O) groups is 2. The number of rotatable bonds is 6. The molecule has 4 saturated carbocycles. The summed E-state index contributed by atoms with van der Waals surface area (Å²) in [6.07, 6.45) is 8.55. The average Bonchev–Trinajstić information content (AvgIpc) is 2.71. The minimum absolute atomic E-state index is 0.0640. The van der Waals surface area contributed by atoms with Crippen molar-refractivity contribution in [3.8, 4) is 0 Å². The van der Waals surface area contributed by atoms with Crippen molar-refractivity contribution in [2.45, 2.75) is 58.4 Å². The Hall–Kier alpha value is -1.88. The SMILES string of the molecule is Cc1cccc(CN2CCN(C(=O)CNC(=O)CC34CC5CC(CC(C5)C3)C4)CC2)c1. The number of hydrogen-bond donors (Lipinski definition) is 1. The van der Waals surface area contributed by atoms with Crippen LogP contribution in [0.4, 0.5) is 0 Å². The minimum atomic E-state index is 0.0640. The van der Waals surface area contributed by atoms with E-state index in [1.807, 2.05) is 4.90 Å². The maximum atomic E-state index is 12.7. The van der Waals surface area contributed by atoms with E-state index in [0.29, 0.717) is 6.42 Å². The summed E-state index contributed by atoms with van der Waals surface area (Å²) in [4.78, 5) is 29.7. The molecule has 6 rings (SSSR count). The van der Waals surface area contributed by atoms with Crippen LogP contribution < -0.4 is 5.32 Å². The van der Waals surface area contributed by atoms with Gasteiger partial charge in [0.2, 0.25) is 11.8 Å². The van der Waals surface area contributed by atoms with Gasteiger partial charge >= 0.3 is 0 Å². The van der Waals surface area contributed by atoms with Crippen molar-refractivity contribution >= 4 is 11.8 Å². The molecule has 1 aliphatic heterocycles. The summed E-state index contributed by atoms with van der Waals surface area (Å²) in [5.41, 5.74) is 2.86. The fraction of sp³-hybridized carbons (Fsp3) is 0.692. The minimum Gasteiger partial charge on any atom is -0.347 e. The highest BCUT2D eigenvalue weighted by atomic mass is 16.2. The van der Waals surface area contributed by atoms with Gasteiger partial charge in [0.05, 0.1) is 6.54 Å². The second kappa shape index (κ2) is 8.57. The molecule has 0 radical (unpaired) electrons. The number of nitrogens with zero attached hydrogens (tertiary/aromatic N) is 2. The van der Waals surface area contributed by atoms with E-state index in [2.05, 4.69) is 41.4 Å². The molecule has 1 N–H and O–H groups in total. The van der Waals surface area contributed by atoms with E-state index in [9.17, 15) is 9.59 Å². The number of piperazine rings is 1. The van der Waals surface area contributed by atoms with Gasteiger partial charge in [0.25, 0.3) is 0 Å². The van der Waals surface area contributed by atoms with Crippen LogP contribution in [0.25, 0.3) is 0 Å². The van der Waals surface area contributed by atoms with E-state index in [4.69, 9.17) is 0 Å². The normalized spacial score (nSPS) is 32.3. The molecule has 168 valence electrons. The first-order valence-corrected chi connectivity index (χ1v) is 12.3. The van der Waals surface area contributed by atoms with Gasteiger partial charge in [-0.3, -0.25) is 14.5 Å². The van der Waals surface area contributed by atoms with E-state index in [1.54, 1.807) is 0 Å². The van der Waals surface area contributed by atoms with E-state index in [1.165, 1.54) is 49.7 Å². The summed E-state index contributed by atoms with van der Waals surface area (Å²) in [5.74, 6) is 2.73. The number of hydrogen-bond acceptors (Lipinski definition) is 3. The number of carbonyl (C=O) groups excluding carboxylic acids is 2. The van der Waals surface area contributed by atoms with Gasteiger partial charge < -0.3 is 10.2 Å². The third-order valence-corrected chi connectivity index (χ3v) is 8.35. The van der Waals surface area contributed by atoms with Crippen LogP contribution in [0.15, 0.2) is 24.3 Å². The van der Waals surface area contributed by atoms with E-state index in [-0.39, 0.29) is 23.8 Å². The average molecular weight is 424 g/mol. The van der Waals surface area contributed by atoms with Crippen LogP contribution in [0.2, 0.25) is 0 Å². The Morgan fingerprint density at radius 1 is 1.00 bits per heavy atom. The lowest BCUT2D eigenvalue weighted by molar-refractivity contribution is -0.136. The highest BCUT2D eigenvalue weighted by molar-refractivity contribution is 5.85. The smallest absolute Gasteiger partial charge is 0.242 e. The van der Waals surface area contributed by atoms with E-state index < -0.39 is 0 Å². The Balaban J connectivity index is 1.05. The van der Waals surface area contributed by atoms with Crippen molar-refractivity contribution in [2.75, 3.05) is 32.7 Å². The van der Waals surface area contributed by atoms with Crippen LogP contribution in [-0.4, -0.2) is 54.3 Å². The highest BCUT2D eigenvalue weighted by Gasteiger charge is 2.51. The Bertz CT molecular complexity index is 792. The molecule has 5 aliphatic rings. The molecular formula is C26H37N3O2. The van der Waals surface area contributed by atoms with Crippen molar-refractivity contribution in [3.05, 3.63) is 35.4 Å². The van der Waals surface area contributed by atoms with Crippen LogP contribution in [0.1, 0.15) is 56.1 Å². The number of nitrogens with one attached hydrogen (secondary N) is 1. The van der Waals surface area contributed by atoms with Gasteiger partial charge in [-0.2, -0.15) is 0 Å². The van der Waals surface area contributed by atoms with Crippen LogP contribution in [0.5, 0.6) is 0 Å². The molecule has 0 spiro atoms. The second-order valence-electron chi connectivity index (χ2n) is 11.0. The zero-order valence-electron chi connectivity index (χ0n) is 18.9.